The highest BCUT2D eigenvalue weighted by Crippen LogP contribution is 2.29. The molecule has 0 spiro atoms. The summed E-state index contributed by atoms with van der Waals surface area (Å²) in [5.41, 5.74) is 2.02. The van der Waals surface area contributed by atoms with Crippen molar-refractivity contribution in [3.8, 4) is 12.3 Å². The second-order valence-corrected chi connectivity index (χ2v) is 8.15. The third-order valence-corrected chi connectivity index (χ3v) is 5.83. The van der Waals surface area contributed by atoms with Gasteiger partial charge < -0.3 is 5.32 Å². The molecule has 1 aromatic carbocycles. The van der Waals surface area contributed by atoms with Crippen LogP contribution in [-0.2, 0) is 17.6 Å². The summed E-state index contributed by atoms with van der Waals surface area (Å²) in [6, 6.07) is 7.05. The van der Waals surface area contributed by atoms with E-state index in [1.807, 2.05) is 6.07 Å². The van der Waals surface area contributed by atoms with Gasteiger partial charge >= 0.3 is 0 Å². The fourth-order valence-electron chi connectivity index (χ4n) is 3.96. The van der Waals surface area contributed by atoms with E-state index in [0.29, 0.717) is 5.02 Å². The van der Waals surface area contributed by atoms with Crippen LogP contribution in [0.25, 0.3) is 10.9 Å². The van der Waals surface area contributed by atoms with Crippen molar-refractivity contribution in [1.29, 1.82) is 0 Å². The quantitative estimate of drug-likeness (QED) is 0.596. The van der Waals surface area contributed by atoms with Crippen LogP contribution in [-0.4, -0.2) is 32.4 Å². The lowest BCUT2D eigenvalue weighted by atomic mass is 9.98. The van der Waals surface area contributed by atoms with E-state index < -0.39 is 5.54 Å². The summed E-state index contributed by atoms with van der Waals surface area (Å²) in [5.74, 6) is 2.44. The van der Waals surface area contributed by atoms with Gasteiger partial charge in [-0.3, -0.25) is 19.7 Å². The number of amides is 1. The lowest BCUT2D eigenvalue weighted by Crippen LogP contribution is -2.45. The molecule has 1 aliphatic carbocycles. The number of halogens is 1. The summed E-state index contributed by atoms with van der Waals surface area (Å²) in [5, 5.41) is 11.2. The first-order chi connectivity index (χ1) is 14.5. The smallest absolute Gasteiger partial charge is 0.271 e. The number of hydrogen-bond donors (Lipinski definition) is 2. The van der Waals surface area contributed by atoms with Crippen molar-refractivity contribution in [2.24, 2.45) is 0 Å². The van der Waals surface area contributed by atoms with Gasteiger partial charge in [0, 0.05) is 24.4 Å². The minimum atomic E-state index is -0.588. The Hall–Kier alpha value is -3.17. The molecule has 0 saturated heterocycles. The van der Waals surface area contributed by atoms with E-state index >= 15 is 0 Å². The molecule has 6 nitrogen and oxygen atoms in total. The number of carbonyl (C=O) groups excluding carboxylic acids is 2. The third-order valence-electron chi connectivity index (χ3n) is 5.51. The van der Waals surface area contributed by atoms with Gasteiger partial charge in [0.2, 0.25) is 0 Å². The molecule has 0 unspecified atom stereocenters. The number of carbonyl (C=O) groups is 2. The fraction of sp³-hybridized carbons (Fsp3) is 0.304. The zero-order valence-corrected chi connectivity index (χ0v) is 17.1. The molecule has 7 heteroatoms. The predicted molar refractivity (Wildman–Crippen MR) is 115 cm³/mol. The number of H-pyrrole nitrogens is 1. The van der Waals surface area contributed by atoms with Crippen LogP contribution in [0.5, 0.6) is 0 Å². The number of terminal acetylenes is 1. The van der Waals surface area contributed by atoms with Crippen molar-refractivity contribution in [1.82, 2.24) is 20.5 Å². The highest BCUT2D eigenvalue weighted by atomic mass is 35.5. The molecule has 0 atom stereocenters. The Balaban J connectivity index is 1.44. The zero-order chi connectivity index (χ0) is 21.1. The molecule has 30 heavy (non-hydrogen) atoms. The first-order valence-corrected chi connectivity index (χ1v) is 10.2. The number of rotatable bonds is 6. The van der Waals surface area contributed by atoms with Crippen LogP contribution in [0.3, 0.4) is 0 Å². The summed E-state index contributed by atoms with van der Waals surface area (Å²) in [6.07, 6.45) is 12.8. The number of Topliss-reactive ketones (excluding diaryl/α,β-unsaturated/α-hetero) is 1. The van der Waals surface area contributed by atoms with Crippen molar-refractivity contribution < 1.29 is 9.59 Å². The topological polar surface area (TPSA) is 87.7 Å². The third kappa shape index (κ3) is 4.22. The molecular formula is C23H21ClN4O2. The Morgan fingerprint density at radius 1 is 1.20 bits per heavy atom. The predicted octanol–water partition coefficient (Wildman–Crippen LogP) is 3.64. The molecule has 2 heterocycles. The summed E-state index contributed by atoms with van der Waals surface area (Å²) in [4.78, 5) is 29.4. The Labute approximate surface area is 179 Å². The van der Waals surface area contributed by atoms with Gasteiger partial charge in [0.05, 0.1) is 16.7 Å². The number of benzene rings is 1. The second kappa shape index (κ2) is 8.29. The minimum Gasteiger partial charge on any atom is -0.334 e. The van der Waals surface area contributed by atoms with Gasteiger partial charge in [-0.05, 0) is 61.1 Å². The summed E-state index contributed by atoms with van der Waals surface area (Å²) >= 11 is 6.26. The molecule has 2 N–H and O–H groups in total. The molecule has 2 aromatic heterocycles. The van der Waals surface area contributed by atoms with Gasteiger partial charge in [0.1, 0.15) is 17.0 Å². The van der Waals surface area contributed by atoms with Crippen molar-refractivity contribution in [3.63, 3.8) is 0 Å². The fourth-order valence-corrected chi connectivity index (χ4v) is 4.25. The summed E-state index contributed by atoms with van der Waals surface area (Å²) in [6.45, 7) is 0. The van der Waals surface area contributed by atoms with E-state index in [9.17, 15) is 9.59 Å². The summed E-state index contributed by atoms with van der Waals surface area (Å²) < 4.78 is 0. The van der Waals surface area contributed by atoms with Crippen molar-refractivity contribution in [2.75, 3.05) is 0 Å². The van der Waals surface area contributed by atoms with Crippen LogP contribution < -0.4 is 5.32 Å². The van der Waals surface area contributed by atoms with Crippen LogP contribution in [0.4, 0.5) is 0 Å². The van der Waals surface area contributed by atoms with E-state index in [2.05, 4.69) is 26.4 Å². The molecule has 0 radical (unpaired) electrons. The monoisotopic (exact) mass is 420 g/mol. The number of fused-ring (bicyclic) bond motifs is 1. The first-order valence-electron chi connectivity index (χ1n) is 9.86. The maximum Gasteiger partial charge on any atom is 0.271 e. The second-order valence-electron chi connectivity index (χ2n) is 7.74. The molecule has 0 aliphatic heterocycles. The molecule has 4 rings (SSSR count). The Kier molecular flexibility index (Phi) is 5.56. The Bertz CT molecular complexity index is 1160. The standard InChI is InChI=1S/C23H21ClN4O2/c1-2-23(6-3-4-7-23)27-22(30)21-12-15(5-8-25-21)9-17(29)10-16-11-19(24)18-14-26-28-20(18)13-16/h1,5,8,11-14H,3-4,6-7,9-10H2,(H,26,28)(H,27,30). The maximum absolute atomic E-state index is 12.7. The van der Waals surface area contributed by atoms with Crippen molar-refractivity contribution in [3.05, 3.63) is 58.5 Å². The molecule has 3 aromatic rings. The number of aromatic nitrogens is 3. The van der Waals surface area contributed by atoms with Gasteiger partial charge in [-0.25, -0.2) is 0 Å². The van der Waals surface area contributed by atoms with Crippen LogP contribution in [0.15, 0.2) is 36.7 Å². The largest absolute Gasteiger partial charge is 0.334 e. The van der Waals surface area contributed by atoms with E-state index in [4.69, 9.17) is 18.0 Å². The number of nitrogens with zero attached hydrogens (tertiary/aromatic N) is 2. The molecule has 152 valence electrons. The average Bonchev–Trinajstić information content (AvgIpc) is 3.38. The number of hydrogen-bond acceptors (Lipinski definition) is 4. The molecule has 1 aliphatic rings. The lowest BCUT2D eigenvalue weighted by molar-refractivity contribution is -0.117. The molecule has 1 fully saturated rings. The zero-order valence-electron chi connectivity index (χ0n) is 16.4. The van der Waals surface area contributed by atoms with Crippen molar-refractivity contribution >= 4 is 34.2 Å². The molecular weight excluding hydrogens is 400 g/mol. The highest BCUT2D eigenvalue weighted by Gasteiger charge is 2.33. The molecule has 1 saturated carbocycles. The van der Waals surface area contributed by atoms with E-state index in [1.54, 1.807) is 30.6 Å². The van der Waals surface area contributed by atoms with Crippen molar-refractivity contribution in [2.45, 2.75) is 44.1 Å². The number of ketones is 1. The Morgan fingerprint density at radius 3 is 2.73 bits per heavy atom. The minimum absolute atomic E-state index is 0.0124. The number of nitrogens with one attached hydrogen (secondary N) is 2. The van der Waals surface area contributed by atoms with Gasteiger partial charge in [-0.15, -0.1) is 6.42 Å². The van der Waals surface area contributed by atoms with Gasteiger partial charge in [0.15, 0.2) is 0 Å². The molecule has 1 amide bonds. The van der Waals surface area contributed by atoms with Crippen LogP contribution in [0.1, 0.15) is 47.3 Å². The Morgan fingerprint density at radius 2 is 1.97 bits per heavy atom. The highest BCUT2D eigenvalue weighted by molar-refractivity contribution is 6.35. The van der Waals surface area contributed by atoms with E-state index in [-0.39, 0.29) is 30.2 Å². The SMILES string of the molecule is C#CC1(NC(=O)c2cc(CC(=O)Cc3cc(Cl)c4cn[nH]c4c3)ccn2)CCCC1. The molecule has 0 bridgehead atoms. The number of aromatic amines is 1. The maximum atomic E-state index is 12.7. The lowest BCUT2D eigenvalue weighted by Gasteiger charge is -2.23. The number of pyridine rings is 1. The average molecular weight is 421 g/mol. The van der Waals surface area contributed by atoms with Gasteiger partial charge in [-0.2, -0.15) is 5.10 Å². The van der Waals surface area contributed by atoms with Gasteiger partial charge in [-0.1, -0.05) is 17.5 Å². The summed E-state index contributed by atoms with van der Waals surface area (Å²) in [7, 11) is 0. The van der Waals surface area contributed by atoms with E-state index in [0.717, 1.165) is 47.7 Å². The van der Waals surface area contributed by atoms with Crippen LogP contribution >= 0.6 is 11.6 Å². The van der Waals surface area contributed by atoms with Gasteiger partial charge in [0.25, 0.3) is 5.91 Å². The first kappa shape index (κ1) is 20.1. The van der Waals surface area contributed by atoms with Crippen LogP contribution in [0.2, 0.25) is 5.02 Å². The normalized spacial score (nSPS) is 15.1. The van der Waals surface area contributed by atoms with Crippen LogP contribution in [0, 0.1) is 12.3 Å². The van der Waals surface area contributed by atoms with E-state index in [1.165, 1.54) is 0 Å².